The van der Waals surface area contributed by atoms with Crippen molar-refractivity contribution >= 4 is 23.2 Å². The third-order valence-electron chi connectivity index (χ3n) is 3.86. The highest BCUT2D eigenvalue weighted by Gasteiger charge is 2.21. The van der Waals surface area contributed by atoms with Gasteiger partial charge in [0.2, 0.25) is 0 Å². The van der Waals surface area contributed by atoms with E-state index in [4.69, 9.17) is 27.9 Å². The van der Waals surface area contributed by atoms with E-state index in [0.29, 0.717) is 28.6 Å². The molecule has 4 heteroatoms. The number of rotatable bonds is 8. The van der Waals surface area contributed by atoms with E-state index in [-0.39, 0.29) is 0 Å². The number of hydrogen-bond acceptors (Lipinski definition) is 2. The molecular weight excluding hydrogens is 293 g/mol. The summed E-state index contributed by atoms with van der Waals surface area (Å²) in [5, 5.41) is 4.76. The first-order valence-corrected chi connectivity index (χ1v) is 8.23. The molecule has 0 radical (unpaired) electrons. The Labute approximate surface area is 131 Å². The zero-order chi connectivity index (χ0) is 14.5. The van der Waals surface area contributed by atoms with Gasteiger partial charge >= 0.3 is 0 Å². The fourth-order valence-electron chi connectivity index (χ4n) is 2.17. The summed E-state index contributed by atoms with van der Waals surface area (Å²) in [6.07, 6.45) is 4.77. The molecule has 2 nitrogen and oxygen atoms in total. The summed E-state index contributed by atoms with van der Waals surface area (Å²) in [4.78, 5) is 0. The summed E-state index contributed by atoms with van der Waals surface area (Å²) in [6.45, 7) is 5.86. The minimum atomic E-state index is 0.575. The lowest BCUT2D eigenvalue weighted by Gasteiger charge is -2.18. The van der Waals surface area contributed by atoms with Gasteiger partial charge in [-0.15, -0.1) is 0 Å². The molecule has 0 atom stereocenters. The quantitative estimate of drug-likeness (QED) is 0.724. The molecular formula is C16H23Cl2NO. The van der Waals surface area contributed by atoms with Crippen LogP contribution in [0, 0.1) is 5.92 Å². The van der Waals surface area contributed by atoms with Gasteiger partial charge in [0, 0.05) is 23.2 Å². The number of ether oxygens (including phenoxy) is 1. The summed E-state index contributed by atoms with van der Waals surface area (Å²) in [6, 6.07) is 4.36. The number of halogens is 2. The second kappa shape index (κ2) is 7.53. The molecule has 0 bridgehead atoms. The SMILES string of the molecule is CCC(CC)COc1c(Cl)cc(Cl)cc1CNC1CC1. The van der Waals surface area contributed by atoms with Crippen molar-refractivity contribution in [2.75, 3.05) is 6.61 Å². The van der Waals surface area contributed by atoms with Gasteiger partial charge in [-0.05, 0) is 30.9 Å². The molecule has 0 spiro atoms. The number of hydrogen-bond donors (Lipinski definition) is 1. The smallest absolute Gasteiger partial charge is 0.142 e. The molecule has 0 aromatic heterocycles. The maximum Gasteiger partial charge on any atom is 0.142 e. The summed E-state index contributed by atoms with van der Waals surface area (Å²) in [5.41, 5.74) is 1.06. The van der Waals surface area contributed by atoms with Crippen LogP contribution in [0.2, 0.25) is 10.0 Å². The van der Waals surface area contributed by atoms with Crippen LogP contribution in [-0.4, -0.2) is 12.6 Å². The third-order valence-corrected chi connectivity index (χ3v) is 4.36. The Morgan fingerprint density at radius 2 is 1.95 bits per heavy atom. The van der Waals surface area contributed by atoms with Crippen LogP contribution in [-0.2, 0) is 6.54 Å². The molecule has 0 heterocycles. The molecule has 0 unspecified atom stereocenters. The fourth-order valence-corrected chi connectivity index (χ4v) is 2.76. The van der Waals surface area contributed by atoms with Gasteiger partial charge in [-0.3, -0.25) is 0 Å². The van der Waals surface area contributed by atoms with Crippen molar-refractivity contribution in [2.24, 2.45) is 5.92 Å². The van der Waals surface area contributed by atoms with Crippen molar-refractivity contribution in [3.8, 4) is 5.75 Å². The Bertz CT molecular complexity index is 442. The molecule has 1 aliphatic carbocycles. The lowest BCUT2D eigenvalue weighted by atomic mass is 10.1. The van der Waals surface area contributed by atoms with Gasteiger partial charge in [-0.2, -0.15) is 0 Å². The molecule has 0 aliphatic heterocycles. The molecule has 1 aromatic rings. The minimum Gasteiger partial charge on any atom is -0.491 e. The van der Waals surface area contributed by atoms with Crippen LogP contribution in [0.15, 0.2) is 12.1 Å². The van der Waals surface area contributed by atoms with Crippen LogP contribution in [0.1, 0.15) is 45.1 Å². The Morgan fingerprint density at radius 3 is 2.55 bits per heavy atom. The molecule has 1 N–H and O–H groups in total. The third kappa shape index (κ3) is 4.54. The minimum absolute atomic E-state index is 0.575. The molecule has 112 valence electrons. The van der Waals surface area contributed by atoms with Crippen LogP contribution in [0.5, 0.6) is 5.75 Å². The van der Waals surface area contributed by atoms with E-state index in [2.05, 4.69) is 19.2 Å². The molecule has 1 aliphatic rings. The first kappa shape index (κ1) is 15.9. The highest BCUT2D eigenvalue weighted by molar-refractivity contribution is 6.35. The van der Waals surface area contributed by atoms with Gasteiger partial charge in [0.1, 0.15) is 5.75 Å². The Balaban J connectivity index is 2.06. The standard InChI is InChI=1S/C16H23Cl2NO/c1-3-11(4-2)10-20-16-12(9-19-14-5-6-14)7-13(17)8-15(16)18/h7-8,11,14,19H,3-6,9-10H2,1-2H3. The van der Waals surface area contributed by atoms with Crippen LogP contribution in [0.4, 0.5) is 0 Å². The maximum atomic E-state index is 6.30. The van der Waals surface area contributed by atoms with Crippen LogP contribution in [0.25, 0.3) is 0 Å². The lowest BCUT2D eigenvalue weighted by molar-refractivity contribution is 0.238. The van der Waals surface area contributed by atoms with Crippen LogP contribution < -0.4 is 10.1 Å². The van der Waals surface area contributed by atoms with Gasteiger partial charge in [0.05, 0.1) is 11.6 Å². The average molecular weight is 316 g/mol. The first-order chi connectivity index (χ1) is 9.63. The van der Waals surface area contributed by atoms with Crippen molar-refractivity contribution in [1.29, 1.82) is 0 Å². The predicted octanol–water partition coefficient (Wildman–Crippen LogP) is 5.06. The van der Waals surface area contributed by atoms with Crippen molar-refractivity contribution in [3.63, 3.8) is 0 Å². The zero-order valence-corrected chi connectivity index (χ0v) is 13.7. The second-order valence-electron chi connectivity index (χ2n) is 5.52. The van der Waals surface area contributed by atoms with Gasteiger partial charge in [0.25, 0.3) is 0 Å². The van der Waals surface area contributed by atoms with Crippen molar-refractivity contribution < 1.29 is 4.74 Å². The van der Waals surface area contributed by atoms with E-state index in [0.717, 1.165) is 30.7 Å². The van der Waals surface area contributed by atoms with Gasteiger partial charge in [0.15, 0.2) is 0 Å². The summed E-state index contributed by atoms with van der Waals surface area (Å²) < 4.78 is 5.99. The molecule has 20 heavy (non-hydrogen) atoms. The zero-order valence-electron chi connectivity index (χ0n) is 12.2. The molecule has 1 saturated carbocycles. The number of nitrogens with one attached hydrogen (secondary N) is 1. The number of benzene rings is 1. The van der Waals surface area contributed by atoms with Gasteiger partial charge in [-0.25, -0.2) is 0 Å². The summed E-state index contributed by atoms with van der Waals surface area (Å²) in [5.74, 6) is 1.36. The first-order valence-electron chi connectivity index (χ1n) is 7.48. The van der Waals surface area contributed by atoms with Crippen molar-refractivity contribution in [3.05, 3.63) is 27.7 Å². The van der Waals surface area contributed by atoms with Crippen molar-refractivity contribution in [1.82, 2.24) is 5.32 Å². The van der Waals surface area contributed by atoms with E-state index in [1.54, 1.807) is 6.07 Å². The molecule has 1 fully saturated rings. The molecule has 0 amide bonds. The highest BCUT2D eigenvalue weighted by atomic mass is 35.5. The van der Waals surface area contributed by atoms with Gasteiger partial charge < -0.3 is 10.1 Å². The van der Waals surface area contributed by atoms with E-state index in [9.17, 15) is 0 Å². The Morgan fingerprint density at radius 1 is 1.25 bits per heavy atom. The normalized spacial score (nSPS) is 14.8. The highest BCUT2D eigenvalue weighted by Crippen LogP contribution is 2.33. The van der Waals surface area contributed by atoms with E-state index >= 15 is 0 Å². The topological polar surface area (TPSA) is 21.3 Å². The summed E-state index contributed by atoms with van der Waals surface area (Å²) in [7, 11) is 0. The monoisotopic (exact) mass is 315 g/mol. The molecule has 0 saturated heterocycles. The fraction of sp³-hybridized carbons (Fsp3) is 0.625. The predicted molar refractivity (Wildman–Crippen MR) is 85.9 cm³/mol. The van der Waals surface area contributed by atoms with E-state index in [1.807, 2.05) is 6.07 Å². The van der Waals surface area contributed by atoms with Gasteiger partial charge in [-0.1, -0.05) is 49.9 Å². The Kier molecular flexibility index (Phi) is 6.01. The van der Waals surface area contributed by atoms with Crippen LogP contribution in [0.3, 0.4) is 0 Å². The maximum absolute atomic E-state index is 6.30. The van der Waals surface area contributed by atoms with Crippen molar-refractivity contribution in [2.45, 2.75) is 52.1 Å². The lowest BCUT2D eigenvalue weighted by Crippen LogP contribution is -2.17. The van der Waals surface area contributed by atoms with E-state index < -0.39 is 0 Å². The average Bonchev–Trinajstić information content (AvgIpc) is 3.23. The largest absolute Gasteiger partial charge is 0.491 e. The van der Waals surface area contributed by atoms with E-state index in [1.165, 1.54) is 12.8 Å². The Hall–Kier alpha value is -0.440. The molecule has 2 rings (SSSR count). The second-order valence-corrected chi connectivity index (χ2v) is 6.37. The molecule has 1 aromatic carbocycles. The summed E-state index contributed by atoms with van der Waals surface area (Å²) >= 11 is 12.4. The van der Waals surface area contributed by atoms with Crippen LogP contribution >= 0.6 is 23.2 Å².